The Kier molecular flexibility index (Phi) is 3.46. The van der Waals surface area contributed by atoms with Crippen LogP contribution in [0.2, 0.25) is 0 Å². The van der Waals surface area contributed by atoms with Gasteiger partial charge in [-0.2, -0.15) is 0 Å². The van der Waals surface area contributed by atoms with Gasteiger partial charge in [0, 0.05) is 0 Å². The molecule has 4 fully saturated rings. The van der Waals surface area contributed by atoms with E-state index in [9.17, 15) is 19.2 Å². The molecule has 4 amide bonds. The average molecular weight is 432 g/mol. The molecule has 2 aromatic heterocycles. The summed E-state index contributed by atoms with van der Waals surface area (Å²) in [5.41, 5.74) is 0. The van der Waals surface area contributed by atoms with Gasteiger partial charge in [0.25, 0.3) is 0 Å². The third-order valence-electron chi connectivity index (χ3n) is 8.31. The lowest BCUT2D eigenvalue weighted by Gasteiger charge is -2.60. The number of nitrogens with zero attached hydrogens (tertiary/aromatic N) is 2. The number of fused-ring (bicyclic) bond motifs is 1. The molecule has 0 aromatic carbocycles. The van der Waals surface area contributed by atoms with Crippen molar-refractivity contribution in [3.05, 3.63) is 60.5 Å². The van der Waals surface area contributed by atoms with Gasteiger partial charge in [-0.25, -0.2) is 0 Å². The maximum absolute atomic E-state index is 13.3. The van der Waals surface area contributed by atoms with Crippen LogP contribution in [0.3, 0.4) is 0 Å². The molecule has 0 radical (unpaired) electrons. The smallest absolute Gasteiger partial charge is 0.234 e. The molecule has 162 valence electrons. The van der Waals surface area contributed by atoms with Crippen molar-refractivity contribution < 1.29 is 28.0 Å². The van der Waals surface area contributed by atoms with E-state index in [-0.39, 0.29) is 60.4 Å². The zero-order valence-corrected chi connectivity index (χ0v) is 17.0. The summed E-state index contributed by atoms with van der Waals surface area (Å²) in [6, 6.07) is 6.94. The Bertz CT molecular complexity index is 1130. The molecule has 4 aliphatic carbocycles. The lowest BCUT2D eigenvalue weighted by Crippen LogP contribution is -2.63. The van der Waals surface area contributed by atoms with Gasteiger partial charge in [-0.1, -0.05) is 12.2 Å². The Morgan fingerprint density at radius 1 is 0.625 bits per heavy atom. The Labute approximate surface area is 182 Å². The van der Waals surface area contributed by atoms with Gasteiger partial charge in [0.2, 0.25) is 23.6 Å². The Hall–Kier alpha value is -3.42. The van der Waals surface area contributed by atoms with Crippen molar-refractivity contribution >= 4 is 23.6 Å². The quantitative estimate of drug-likeness (QED) is 0.540. The van der Waals surface area contributed by atoms with Crippen molar-refractivity contribution in [2.75, 3.05) is 0 Å². The van der Waals surface area contributed by atoms with E-state index in [1.165, 1.54) is 22.3 Å². The number of imide groups is 2. The number of likely N-dealkylation sites (tertiary alicyclic amines) is 2. The van der Waals surface area contributed by atoms with Crippen molar-refractivity contribution in [3.8, 4) is 0 Å². The largest absolute Gasteiger partial charge is 0.467 e. The molecule has 2 aromatic rings. The highest BCUT2D eigenvalue weighted by atomic mass is 16.3. The van der Waals surface area contributed by atoms with Crippen LogP contribution in [-0.4, -0.2) is 33.4 Å². The summed E-state index contributed by atoms with van der Waals surface area (Å²) >= 11 is 0. The highest BCUT2D eigenvalue weighted by molar-refractivity contribution is 6.09. The monoisotopic (exact) mass is 432 g/mol. The van der Waals surface area contributed by atoms with E-state index < -0.39 is 23.7 Å². The van der Waals surface area contributed by atoms with E-state index in [1.54, 1.807) is 24.3 Å². The predicted molar refractivity (Wildman–Crippen MR) is 106 cm³/mol. The second-order valence-corrected chi connectivity index (χ2v) is 9.48. The Morgan fingerprint density at radius 3 is 1.41 bits per heavy atom. The number of amides is 4. The van der Waals surface area contributed by atoms with E-state index in [0.717, 1.165) is 0 Å². The van der Waals surface area contributed by atoms with Gasteiger partial charge in [-0.15, -0.1) is 0 Å². The third-order valence-corrected chi connectivity index (χ3v) is 8.31. The van der Waals surface area contributed by atoms with Crippen LogP contribution in [0.4, 0.5) is 0 Å². The van der Waals surface area contributed by atoms with Gasteiger partial charge in [0.1, 0.15) is 11.5 Å². The molecule has 2 bridgehead atoms. The summed E-state index contributed by atoms with van der Waals surface area (Å²) in [6.45, 7) is 0.246. The summed E-state index contributed by atoms with van der Waals surface area (Å²) in [4.78, 5) is 55.6. The highest BCUT2D eigenvalue weighted by Crippen LogP contribution is 2.68. The molecule has 32 heavy (non-hydrogen) atoms. The number of rotatable bonds is 4. The maximum Gasteiger partial charge on any atom is 0.234 e. The second-order valence-electron chi connectivity index (χ2n) is 9.48. The number of furan rings is 2. The molecular formula is C24H20N2O6. The molecular weight excluding hydrogens is 412 g/mol. The molecule has 0 N–H and O–H groups in total. The van der Waals surface area contributed by atoms with Crippen LogP contribution >= 0.6 is 0 Å². The first-order chi connectivity index (χ1) is 15.6. The summed E-state index contributed by atoms with van der Waals surface area (Å²) in [7, 11) is 0. The molecule has 8 rings (SSSR count). The first-order valence-corrected chi connectivity index (χ1v) is 11.0. The maximum atomic E-state index is 13.3. The summed E-state index contributed by atoms with van der Waals surface area (Å²) in [5, 5.41) is 0. The lowest BCUT2D eigenvalue weighted by atomic mass is 9.40. The van der Waals surface area contributed by atoms with Crippen LogP contribution in [0.15, 0.2) is 57.8 Å². The van der Waals surface area contributed by atoms with Crippen LogP contribution in [-0.2, 0) is 32.3 Å². The Balaban J connectivity index is 1.20. The first kappa shape index (κ1) is 18.2. The van der Waals surface area contributed by atoms with Crippen LogP contribution in [0, 0.1) is 47.3 Å². The zero-order chi connectivity index (χ0) is 21.7. The number of carbonyl (C=O) groups is 4. The minimum atomic E-state index is -0.461. The van der Waals surface area contributed by atoms with Crippen molar-refractivity contribution in [2.45, 2.75) is 13.1 Å². The number of hydrogen-bond donors (Lipinski definition) is 0. The summed E-state index contributed by atoms with van der Waals surface area (Å²) < 4.78 is 10.7. The average Bonchev–Trinajstić information content (AvgIpc) is 3.54. The van der Waals surface area contributed by atoms with E-state index in [0.29, 0.717) is 11.5 Å². The van der Waals surface area contributed by atoms with Gasteiger partial charge >= 0.3 is 0 Å². The number of carbonyl (C=O) groups excluding carboxylic acids is 4. The fraction of sp³-hybridized carbons (Fsp3) is 0.417. The fourth-order valence-corrected chi connectivity index (χ4v) is 7.15. The van der Waals surface area contributed by atoms with Gasteiger partial charge in [-0.05, 0) is 47.9 Å². The van der Waals surface area contributed by atoms with Gasteiger partial charge < -0.3 is 8.83 Å². The van der Waals surface area contributed by atoms with Crippen LogP contribution in [0.5, 0.6) is 0 Å². The van der Waals surface area contributed by atoms with E-state index >= 15 is 0 Å². The van der Waals surface area contributed by atoms with E-state index in [2.05, 4.69) is 0 Å². The molecule has 8 atom stereocenters. The van der Waals surface area contributed by atoms with Gasteiger partial charge in [0.15, 0.2) is 0 Å². The predicted octanol–water partition coefficient (Wildman–Crippen LogP) is 1.84. The number of allylic oxidation sites excluding steroid dienone is 2. The molecule has 8 heteroatoms. The van der Waals surface area contributed by atoms with Gasteiger partial charge in [0.05, 0.1) is 49.3 Å². The van der Waals surface area contributed by atoms with E-state index in [4.69, 9.17) is 8.83 Å². The third kappa shape index (κ3) is 2.07. The molecule has 2 aliphatic heterocycles. The minimum Gasteiger partial charge on any atom is -0.467 e. The molecule has 2 saturated heterocycles. The van der Waals surface area contributed by atoms with Crippen molar-refractivity contribution in [3.63, 3.8) is 0 Å². The second kappa shape index (κ2) is 6.09. The summed E-state index contributed by atoms with van der Waals surface area (Å²) in [5.74, 6) is -1.92. The molecule has 2 saturated carbocycles. The SMILES string of the molecule is O=C1[C@@H]2[C@@H]3C=C[C@@H]([C@H]2C(=O)N1Cc1ccco1)[C@H]1[C@H]2C(=O)N(Cc4ccco4)C(=O)[C@@H]2[C@H]31. The normalized spacial score (nSPS) is 38.9. The minimum absolute atomic E-state index is 0.0744. The Morgan fingerprint density at radius 2 is 1.03 bits per heavy atom. The van der Waals surface area contributed by atoms with Crippen LogP contribution in [0.1, 0.15) is 11.5 Å². The number of hydrogen-bond acceptors (Lipinski definition) is 6. The van der Waals surface area contributed by atoms with Crippen LogP contribution < -0.4 is 0 Å². The molecule has 0 spiro atoms. The van der Waals surface area contributed by atoms with Gasteiger partial charge in [-0.3, -0.25) is 29.0 Å². The highest BCUT2D eigenvalue weighted by Gasteiger charge is 2.74. The molecule has 4 heterocycles. The van der Waals surface area contributed by atoms with E-state index in [1.807, 2.05) is 12.2 Å². The van der Waals surface area contributed by atoms with Crippen molar-refractivity contribution in [2.24, 2.45) is 47.3 Å². The standard InChI is InChI=1S/C24H20N2O6/c27-21-17-13-5-6-14(18(17)22(28)25(21)9-11-3-1-7-31-11)16-15(13)19-20(16)24(30)26(23(19)29)10-12-4-2-8-32-12/h1-8,13-20H,9-10H2/t13-,14-,15-,16-,17-,18-,19-,20-/m1/s1. The summed E-state index contributed by atoms with van der Waals surface area (Å²) in [6.07, 6.45) is 7.06. The van der Waals surface area contributed by atoms with Crippen molar-refractivity contribution in [1.29, 1.82) is 0 Å². The van der Waals surface area contributed by atoms with Crippen molar-refractivity contribution in [1.82, 2.24) is 9.80 Å². The first-order valence-electron chi connectivity index (χ1n) is 11.0. The fourth-order valence-electron chi connectivity index (χ4n) is 7.15. The zero-order valence-electron chi connectivity index (χ0n) is 17.0. The lowest BCUT2D eigenvalue weighted by molar-refractivity contribution is -0.166. The molecule has 6 aliphatic rings. The topological polar surface area (TPSA) is 101 Å². The molecule has 8 nitrogen and oxygen atoms in total. The van der Waals surface area contributed by atoms with Crippen LogP contribution in [0.25, 0.3) is 0 Å². The molecule has 0 unspecified atom stereocenters.